The van der Waals surface area contributed by atoms with Gasteiger partial charge < -0.3 is 19.3 Å². The van der Waals surface area contributed by atoms with Gasteiger partial charge in [-0.1, -0.05) is 6.07 Å². The summed E-state index contributed by atoms with van der Waals surface area (Å²) in [7, 11) is -0.364. The van der Waals surface area contributed by atoms with Crippen molar-refractivity contribution in [2.75, 3.05) is 4.90 Å². The minimum Gasteiger partial charge on any atom is -0.399 e. The third-order valence-corrected chi connectivity index (χ3v) is 6.27. The van der Waals surface area contributed by atoms with E-state index in [2.05, 4.69) is 44.7 Å². The Morgan fingerprint density at radius 2 is 1.67 bits per heavy atom. The third kappa shape index (κ3) is 2.55. The van der Waals surface area contributed by atoms with Gasteiger partial charge in [-0.3, -0.25) is 0 Å². The summed E-state index contributed by atoms with van der Waals surface area (Å²) in [4.78, 5) is 7.10. The number of aliphatic hydroxyl groups is 1. The van der Waals surface area contributed by atoms with E-state index in [-0.39, 0.29) is 24.4 Å². The molecular formula is C18H27BN2O3. The summed E-state index contributed by atoms with van der Waals surface area (Å²) in [6.07, 6.45) is 5.75. The first kappa shape index (κ1) is 16.4. The van der Waals surface area contributed by atoms with E-state index in [1.807, 2.05) is 6.20 Å². The summed E-state index contributed by atoms with van der Waals surface area (Å²) in [6, 6.07) is 4.99. The zero-order valence-electron chi connectivity index (χ0n) is 15.0. The predicted molar refractivity (Wildman–Crippen MR) is 94.5 cm³/mol. The van der Waals surface area contributed by atoms with Crippen LogP contribution in [0.1, 0.15) is 53.4 Å². The van der Waals surface area contributed by atoms with Crippen molar-refractivity contribution in [3.8, 4) is 0 Å². The fourth-order valence-electron chi connectivity index (χ4n) is 4.19. The molecule has 1 aromatic rings. The van der Waals surface area contributed by atoms with Crippen molar-refractivity contribution < 1.29 is 14.4 Å². The van der Waals surface area contributed by atoms with E-state index in [0.29, 0.717) is 12.1 Å². The molecule has 24 heavy (non-hydrogen) atoms. The van der Waals surface area contributed by atoms with E-state index < -0.39 is 0 Å². The Kier molecular flexibility index (Phi) is 3.71. The van der Waals surface area contributed by atoms with Gasteiger partial charge in [-0.25, -0.2) is 4.98 Å². The first-order valence-corrected chi connectivity index (χ1v) is 9.05. The number of hydrogen-bond donors (Lipinski definition) is 1. The van der Waals surface area contributed by atoms with Gasteiger partial charge in [0.2, 0.25) is 0 Å². The van der Waals surface area contributed by atoms with E-state index in [4.69, 9.17) is 14.3 Å². The number of pyridine rings is 1. The second-order valence-electron chi connectivity index (χ2n) is 8.46. The number of nitrogens with zero attached hydrogens (tertiary/aromatic N) is 2. The molecule has 0 saturated carbocycles. The quantitative estimate of drug-likeness (QED) is 0.839. The molecule has 1 unspecified atom stereocenters. The normalized spacial score (nSPS) is 34.0. The van der Waals surface area contributed by atoms with Gasteiger partial charge in [-0.05, 0) is 59.4 Å². The monoisotopic (exact) mass is 330 g/mol. The zero-order chi connectivity index (χ0) is 17.1. The lowest BCUT2D eigenvalue weighted by Gasteiger charge is -2.38. The number of anilines is 1. The molecule has 0 aromatic carbocycles. The maximum absolute atomic E-state index is 9.96. The largest absolute Gasteiger partial charge is 0.496 e. The summed E-state index contributed by atoms with van der Waals surface area (Å²) >= 11 is 0. The van der Waals surface area contributed by atoms with Gasteiger partial charge in [0.05, 0.1) is 17.3 Å². The molecule has 0 spiro atoms. The van der Waals surface area contributed by atoms with E-state index >= 15 is 0 Å². The van der Waals surface area contributed by atoms with Crippen molar-refractivity contribution in [2.45, 2.75) is 82.8 Å². The fraction of sp³-hybridized carbons (Fsp3) is 0.722. The molecule has 2 bridgehead atoms. The Bertz CT molecular complexity index is 589. The first-order valence-electron chi connectivity index (χ1n) is 9.05. The molecule has 3 saturated heterocycles. The van der Waals surface area contributed by atoms with Gasteiger partial charge >= 0.3 is 7.12 Å². The molecule has 3 aliphatic rings. The summed E-state index contributed by atoms with van der Waals surface area (Å²) < 4.78 is 12.2. The van der Waals surface area contributed by atoms with E-state index in [0.717, 1.165) is 37.0 Å². The van der Waals surface area contributed by atoms with Crippen LogP contribution >= 0.6 is 0 Å². The first-order chi connectivity index (χ1) is 11.3. The Hall–Kier alpha value is -1.11. The smallest absolute Gasteiger partial charge is 0.399 e. The number of aromatic nitrogens is 1. The predicted octanol–water partition coefficient (Wildman–Crippen LogP) is 1.87. The zero-order valence-corrected chi connectivity index (χ0v) is 15.0. The fourth-order valence-corrected chi connectivity index (χ4v) is 4.19. The van der Waals surface area contributed by atoms with E-state index in [1.54, 1.807) is 0 Å². The summed E-state index contributed by atoms with van der Waals surface area (Å²) in [5.41, 5.74) is 0.290. The second kappa shape index (κ2) is 5.45. The van der Waals surface area contributed by atoms with E-state index in [1.165, 1.54) is 0 Å². The standard InChI is InChI=1S/C18H27BN2O3/c1-17(2)18(3,4)24-19(23-17)12-5-8-16(20-11-12)21-13-6-7-14(21)10-15(22)9-13/h5,8,11,13-15,22H,6-7,9-10H2,1-4H3/t13-,14+,15?. The molecule has 1 N–H and O–H groups in total. The Morgan fingerprint density at radius 1 is 1.08 bits per heavy atom. The number of piperidine rings is 1. The van der Waals surface area contributed by atoms with Crippen LogP contribution in [0, 0.1) is 0 Å². The lowest BCUT2D eigenvalue weighted by atomic mass is 9.80. The van der Waals surface area contributed by atoms with Crippen LogP contribution in [-0.2, 0) is 9.31 Å². The molecule has 4 heterocycles. The van der Waals surface area contributed by atoms with Gasteiger partial charge in [0.25, 0.3) is 0 Å². The molecule has 0 radical (unpaired) electrons. The highest BCUT2D eigenvalue weighted by molar-refractivity contribution is 6.62. The average molecular weight is 330 g/mol. The highest BCUT2D eigenvalue weighted by Gasteiger charge is 2.52. The van der Waals surface area contributed by atoms with Crippen molar-refractivity contribution in [1.82, 2.24) is 4.98 Å². The maximum atomic E-state index is 9.96. The van der Waals surface area contributed by atoms with Crippen molar-refractivity contribution in [3.05, 3.63) is 18.3 Å². The summed E-state index contributed by atoms with van der Waals surface area (Å²) in [6.45, 7) is 8.24. The lowest BCUT2D eigenvalue weighted by Crippen LogP contribution is -2.45. The van der Waals surface area contributed by atoms with Crippen LogP contribution in [0.2, 0.25) is 0 Å². The Balaban J connectivity index is 1.52. The van der Waals surface area contributed by atoms with E-state index in [9.17, 15) is 5.11 Å². The number of aliphatic hydroxyl groups excluding tert-OH is 1. The van der Waals surface area contributed by atoms with Gasteiger partial charge in [0, 0.05) is 23.7 Å². The molecule has 3 atom stereocenters. The molecule has 0 amide bonds. The third-order valence-electron chi connectivity index (χ3n) is 6.27. The molecule has 3 fully saturated rings. The van der Waals surface area contributed by atoms with Gasteiger partial charge in [-0.15, -0.1) is 0 Å². The van der Waals surface area contributed by atoms with Crippen molar-refractivity contribution in [2.24, 2.45) is 0 Å². The molecule has 130 valence electrons. The van der Waals surface area contributed by atoms with Crippen LogP contribution in [-0.4, -0.2) is 46.6 Å². The molecule has 0 aliphatic carbocycles. The van der Waals surface area contributed by atoms with Crippen LogP contribution < -0.4 is 10.4 Å². The summed E-state index contributed by atoms with van der Waals surface area (Å²) in [5, 5.41) is 9.96. The SMILES string of the molecule is CC1(C)OB(c2ccc(N3[C@@H]4CC[C@H]3CC(O)C4)nc2)OC1(C)C. The van der Waals surface area contributed by atoms with Crippen LogP contribution in [0.25, 0.3) is 0 Å². The minimum absolute atomic E-state index is 0.150. The van der Waals surface area contributed by atoms with Crippen molar-refractivity contribution in [1.29, 1.82) is 0 Å². The average Bonchev–Trinajstić information content (AvgIpc) is 2.89. The molecule has 5 nitrogen and oxygen atoms in total. The number of rotatable bonds is 2. The molecular weight excluding hydrogens is 303 g/mol. The molecule has 3 aliphatic heterocycles. The topological polar surface area (TPSA) is 54.8 Å². The van der Waals surface area contributed by atoms with Crippen LogP contribution in [0.15, 0.2) is 18.3 Å². The van der Waals surface area contributed by atoms with Crippen LogP contribution in [0.4, 0.5) is 5.82 Å². The molecule has 4 rings (SSSR count). The van der Waals surface area contributed by atoms with Crippen molar-refractivity contribution >= 4 is 18.4 Å². The van der Waals surface area contributed by atoms with Gasteiger partial charge in [-0.2, -0.15) is 0 Å². The van der Waals surface area contributed by atoms with Crippen LogP contribution in [0.3, 0.4) is 0 Å². The minimum atomic E-state index is -0.364. The summed E-state index contributed by atoms with van der Waals surface area (Å²) in [5.74, 6) is 1.01. The van der Waals surface area contributed by atoms with Gasteiger partial charge in [0.1, 0.15) is 5.82 Å². The molecule has 1 aromatic heterocycles. The number of fused-ring (bicyclic) bond motifs is 2. The van der Waals surface area contributed by atoms with Gasteiger partial charge in [0.15, 0.2) is 0 Å². The van der Waals surface area contributed by atoms with Crippen LogP contribution in [0.5, 0.6) is 0 Å². The maximum Gasteiger partial charge on any atom is 0.496 e. The van der Waals surface area contributed by atoms with Crippen molar-refractivity contribution in [3.63, 3.8) is 0 Å². The molecule has 6 heteroatoms. The second-order valence-corrected chi connectivity index (χ2v) is 8.46. The highest BCUT2D eigenvalue weighted by Crippen LogP contribution is 2.39. The highest BCUT2D eigenvalue weighted by atomic mass is 16.7. The number of hydrogen-bond acceptors (Lipinski definition) is 5. The lowest BCUT2D eigenvalue weighted by molar-refractivity contribution is 0.00578. The Morgan fingerprint density at radius 3 is 2.17 bits per heavy atom. The Labute approximate surface area is 144 Å².